The number of carboxylic acids is 1. The van der Waals surface area contributed by atoms with Crippen molar-refractivity contribution in [1.82, 2.24) is 0 Å². The van der Waals surface area contributed by atoms with Gasteiger partial charge in [0.1, 0.15) is 13.2 Å². The quantitative estimate of drug-likeness (QED) is 0.440. The molecule has 0 spiro atoms. The second-order valence-corrected chi connectivity index (χ2v) is 6.08. The van der Waals surface area contributed by atoms with Crippen molar-refractivity contribution in [1.29, 1.82) is 0 Å². The van der Waals surface area contributed by atoms with Crippen LogP contribution >= 0.6 is 0 Å². The van der Waals surface area contributed by atoms with Gasteiger partial charge in [-0.05, 0) is 33.1 Å². The summed E-state index contributed by atoms with van der Waals surface area (Å²) in [6, 6.07) is 0. The Labute approximate surface area is 130 Å². The summed E-state index contributed by atoms with van der Waals surface area (Å²) in [6.07, 6.45) is 4.67. The van der Waals surface area contributed by atoms with Crippen LogP contribution in [0.25, 0.3) is 0 Å². The number of esters is 2. The Balaban J connectivity index is 2.31. The highest BCUT2D eigenvalue weighted by atomic mass is 16.6. The SMILES string of the molecule is CCC(C)(C)C(=O)OCCOC(=O)C1CC=CC(C(=O)O)C1. The molecule has 0 aliphatic heterocycles. The van der Waals surface area contributed by atoms with Gasteiger partial charge in [-0.2, -0.15) is 0 Å². The van der Waals surface area contributed by atoms with Crippen LogP contribution in [0.2, 0.25) is 0 Å². The predicted molar refractivity (Wildman–Crippen MR) is 79.0 cm³/mol. The van der Waals surface area contributed by atoms with E-state index in [2.05, 4.69) is 0 Å². The van der Waals surface area contributed by atoms with Crippen LogP contribution in [0.3, 0.4) is 0 Å². The predicted octanol–water partition coefficient (Wildman–Crippen LogP) is 2.18. The summed E-state index contributed by atoms with van der Waals surface area (Å²) in [6.45, 7) is 5.49. The first-order chi connectivity index (χ1) is 10.3. The van der Waals surface area contributed by atoms with Gasteiger partial charge in [0.05, 0.1) is 17.3 Å². The van der Waals surface area contributed by atoms with Crippen molar-refractivity contribution in [2.45, 2.75) is 40.0 Å². The van der Waals surface area contributed by atoms with Gasteiger partial charge >= 0.3 is 17.9 Å². The zero-order valence-electron chi connectivity index (χ0n) is 13.3. The van der Waals surface area contributed by atoms with Crippen LogP contribution in [0.4, 0.5) is 0 Å². The van der Waals surface area contributed by atoms with E-state index in [0.717, 1.165) is 0 Å². The molecule has 0 amide bonds. The molecule has 1 aliphatic carbocycles. The van der Waals surface area contributed by atoms with Crippen molar-refractivity contribution in [3.63, 3.8) is 0 Å². The topological polar surface area (TPSA) is 89.9 Å². The lowest BCUT2D eigenvalue weighted by molar-refractivity contribution is -0.161. The number of ether oxygens (including phenoxy) is 2. The third kappa shape index (κ3) is 5.16. The van der Waals surface area contributed by atoms with Crippen LogP contribution in [0.15, 0.2) is 12.2 Å². The lowest BCUT2D eigenvalue weighted by atomic mass is 9.87. The summed E-state index contributed by atoms with van der Waals surface area (Å²) in [5.41, 5.74) is -0.549. The number of aliphatic carboxylic acids is 1. The molecular weight excluding hydrogens is 288 g/mol. The molecule has 2 unspecified atom stereocenters. The van der Waals surface area contributed by atoms with Crippen LogP contribution in [0, 0.1) is 17.3 Å². The molecule has 0 radical (unpaired) electrons. The van der Waals surface area contributed by atoms with E-state index in [4.69, 9.17) is 14.6 Å². The number of carboxylic acid groups (broad SMARTS) is 1. The van der Waals surface area contributed by atoms with Gasteiger partial charge < -0.3 is 14.6 Å². The first-order valence-corrected chi connectivity index (χ1v) is 7.51. The highest BCUT2D eigenvalue weighted by molar-refractivity contribution is 5.77. The second kappa shape index (κ2) is 7.96. The number of carbonyl (C=O) groups excluding carboxylic acids is 2. The van der Waals surface area contributed by atoms with Crippen LogP contribution in [0.5, 0.6) is 0 Å². The summed E-state index contributed by atoms with van der Waals surface area (Å²) in [4.78, 5) is 34.5. The zero-order chi connectivity index (χ0) is 16.8. The molecule has 6 heteroatoms. The van der Waals surface area contributed by atoms with E-state index in [9.17, 15) is 14.4 Å². The molecule has 0 saturated carbocycles. The third-order valence-corrected chi connectivity index (χ3v) is 3.98. The average molecular weight is 312 g/mol. The first kappa shape index (κ1) is 18.2. The van der Waals surface area contributed by atoms with Crippen LogP contribution in [-0.2, 0) is 23.9 Å². The molecule has 0 heterocycles. The molecule has 2 atom stereocenters. The van der Waals surface area contributed by atoms with Gasteiger partial charge in [0.2, 0.25) is 0 Å². The van der Waals surface area contributed by atoms with Gasteiger partial charge in [-0.3, -0.25) is 14.4 Å². The molecule has 124 valence electrons. The molecule has 0 aromatic heterocycles. The van der Waals surface area contributed by atoms with Crippen LogP contribution < -0.4 is 0 Å². The van der Waals surface area contributed by atoms with Crippen molar-refractivity contribution in [2.75, 3.05) is 13.2 Å². The molecule has 6 nitrogen and oxygen atoms in total. The van der Waals surface area contributed by atoms with E-state index < -0.39 is 29.2 Å². The number of allylic oxidation sites excluding steroid dienone is 1. The molecule has 0 fully saturated rings. The largest absolute Gasteiger partial charge is 0.481 e. The molecule has 22 heavy (non-hydrogen) atoms. The molecular formula is C16H24O6. The maximum Gasteiger partial charge on any atom is 0.311 e. The minimum atomic E-state index is -0.940. The fraction of sp³-hybridized carbons (Fsp3) is 0.688. The van der Waals surface area contributed by atoms with Gasteiger partial charge in [0, 0.05) is 0 Å². The van der Waals surface area contributed by atoms with Crippen molar-refractivity contribution in [3.8, 4) is 0 Å². The lowest BCUT2D eigenvalue weighted by Crippen LogP contribution is -2.29. The summed E-state index contributed by atoms with van der Waals surface area (Å²) in [5, 5.41) is 8.95. The van der Waals surface area contributed by atoms with Gasteiger partial charge in [-0.1, -0.05) is 19.1 Å². The molecule has 1 rings (SSSR count). The second-order valence-electron chi connectivity index (χ2n) is 6.08. The van der Waals surface area contributed by atoms with E-state index >= 15 is 0 Å². The normalized spacial score (nSPS) is 21.2. The molecule has 0 aromatic rings. The van der Waals surface area contributed by atoms with Gasteiger partial charge in [-0.15, -0.1) is 0 Å². The number of hydrogen-bond acceptors (Lipinski definition) is 5. The minimum Gasteiger partial charge on any atom is -0.481 e. The van der Waals surface area contributed by atoms with E-state index in [0.29, 0.717) is 12.8 Å². The number of rotatable bonds is 7. The Morgan fingerprint density at radius 1 is 1.23 bits per heavy atom. The van der Waals surface area contributed by atoms with Gasteiger partial charge in [0.25, 0.3) is 0 Å². The summed E-state index contributed by atoms with van der Waals surface area (Å²) in [7, 11) is 0. The summed E-state index contributed by atoms with van der Waals surface area (Å²) in [5.74, 6) is -2.80. The Morgan fingerprint density at radius 2 is 1.86 bits per heavy atom. The fourth-order valence-electron chi connectivity index (χ4n) is 2.00. The van der Waals surface area contributed by atoms with Gasteiger partial charge in [0.15, 0.2) is 0 Å². The summed E-state index contributed by atoms with van der Waals surface area (Å²) >= 11 is 0. The Morgan fingerprint density at radius 3 is 2.45 bits per heavy atom. The molecule has 0 bridgehead atoms. The number of carbonyl (C=O) groups is 3. The molecule has 0 saturated heterocycles. The van der Waals surface area contributed by atoms with E-state index in [-0.39, 0.29) is 25.6 Å². The maximum absolute atomic E-state index is 11.9. The monoisotopic (exact) mass is 312 g/mol. The summed E-state index contributed by atoms with van der Waals surface area (Å²) < 4.78 is 10.1. The zero-order valence-corrected chi connectivity index (χ0v) is 13.3. The maximum atomic E-state index is 11.9. The highest BCUT2D eigenvalue weighted by Crippen LogP contribution is 2.25. The molecule has 1 N–H and O–H groups in total. The first-order valence-electron chi connectivity index (χ1n) is 7.51. The Hall–Kier alpha value is -1.85. The van der Waals surface area contributed by atoms with E-state index in [1.54, 1.807) is 26.0 Å². The fourth-order valence-corrected chi connectivity index (χ4v) is 2.00. The number of hydrogen-bond donors (Lipinski definition) is 1. The van der Waals surface area contributed by atoms with Crippen molar-refractivity contribution < 1.29 is 29.0 Å². The molecule has 0 aromatic carbocycles. The standard InChI is InChI=1S/C16H24O6/c1-4-16(2,3)15(20)22-9-8-21-14(19)12-7-5-6-11(10-12)13(17)18/h5-6,11-12H,4,7-10H2,1-3H3,(H,17,18). The third-order valence-electron chi connectivity index (χ3n) is 3.98. The van der Waals surface area contributed by atoms with E-state index in [1.165, 1.54) is 0 Å². The van der Waals surface area contributed by atoms with E-state index in [1.807, 2.05) is 6.92 Å². The van der Waals surface area contributed by atoms with Crippen molar-refractivity contribution >= 4 is 17.9 Å². The van der Waals surface area contributed by atoms with Crippen molar-refractivity contribution in [2.24, 2.45) is 17.3 Å². The van der Waals surface area contributed by atoms with Gasteiger partial charge in [-0.25, -0.2) is 0 Å². The minimum absolute atomic E-state index is 0.0116. The average Bonchev–Trinajstić information content (AvgIpc) is 2.51. The van der Waals surface area contributed by atoms with Crippen LogP contribution in [0.1, 0.15) is 40.0 Å². The highest BCUT2D eigenvalue weighted by Gasteiger charge is 2.29. The van der Waals surface area contributed by atoms with Crippen LogP contribution in [-0.4, -0.2) is 36.2 Å². The lowest BCUT2D eigenvalue weighted by Gasteiger charge is -2.22. The molecule has 1 aliphatic rings. The Bertz CT molecular complexity index is 452. The smallest absolute Gasteiger partial charge is 0.311 e. The van der Waals surface area contributed by atoms with Crippen molar-refractivity contribution in [3.05, 3.63) is 12.2 Å². The Kier molecular flexibility index (Phi) is 6.59.